The third-order valence-electron chi connectivity index (χ3n) is 6.29. The maximum absolute atomic E-state index is 12.4. The molecule has 2 fully saturated rings. The highest BCUT2D eigenvalue weighted by atomic mass is 16.5. The van der Waals surface area contributed by atoms with E-state index in [2.05, 4.69) is 11.4 Å². The number of fused-ring (bicyclic) bond motifs is 2. The van der Waals surface area contributed by atoms with Gasteiger partial charge in [0.2, 0.25) is 11.8 Å². The lowest BCUT2D eigenvalue weighted by Gasteiger charge is -2.26. The Morgan fingerprint density at radius 1 is 1.00 bits per heavy atom. The molecular weight excluding hydrogens is 372 g/mol. The van der Waals surface area contributed by atoms with Gasteiger partial charge in [-0.05, 0) is 43.2 Å². The summed E-state index contributed by atoms with van der Waals surface area (Å²) in [7, 11) is 0. The van der Waals surface area contributed by atoms with Crippen molar-refractivity contribution in [2.45, 2.75) is 51.0 Å². The fourth-order valence-electron chi connectivity index (χ4n) is 4.85. The topological polar surface area (TPSA) is 92.8 Å². The molecule has 1 saturated heterocycles. The second kappa shape index (κ2) is 8.35. The van der Waals surface area contributed by atoms with Gasteiger partial charge in [0.15, 0.2) is 6.61 Å². The Balaban J connectivity index is 1.27. The number of nitrogens with one attached hydrogen (secondary N) is 1. The van der Waals surface area contributed by atoms with E-state index in [1.807, 2.05) is 18.2 Å². The minimum Gasteiger partial charge on any atom is -0.454 e. The average Bonchev–Trinajstić information content (AvgIpc) is 2.98. The second-order valence-electron chi connectivity index (χ2n) is 8.13. The number of aryl methyl sites for hydroxylation is 1. The van der Waals surface area contributed by atoms with E-state index in [9.17, 15) is 19.2 Å². The van der Waals surface area contributed by atoms with Crippen molar-refractivity contribution in [1.82, 2.24) is 10.2 Å². The molecule has 3 amide bonds. The molecule has 4 rings (SSSR count). The van der Waals surface area contributed by atoms with Crippen LogP contribution in [0, 0.1) is 11.8 Å². The van der Waals surface area contributed by atoms with Crippen molar-refractivity contribution in [2.75, 3.05) is 13.2 Å². The van der Waals surface area contributed by atoms with Gasteiger partial charge in [-0.25, -0.2) is 0 Å². The maximum atomic E-state index is 12.4. The Morgan fingerprint density at radius 3 is 2.41 bits per heavy atom. The lowest BCUT2D eigenvalue weighted by atomic mass is 9.81. The monoisotopic (exact) mass is 398 g/mol. The number of imide groups is 1. The number of rotatable bonds is 5. The summed E-state index contributed by atoms with van der Waals surface area (Å²) in [5.74, 6) is -2.25. The van der Waals surface area contributed by atoms with Crippen LogP contribution in [0.2, 0.25) is 0 Å². The van der Waals surface area contributed by atoms with Gasteiger partial charge in [0.1, 0.15) is 6.54 Å². The summed E-state index contributed by atoms with van der Waals surface area (Å²) in [6, 6.07) is 7.92. The molecule has 29 heavy (non-hydrogen) atoms. The smallest absolute Gasteiger partial charge is 0.326 e. The van der Waals surface area contributed by atoms with Crippen LogP contribution >= 0.6 is 0 Å². The summed E-state index contributed by atoms with van der Waals surface area (Å²) in [5.41, 5.74) is 2.34. The van der Waals surface area contributed by atoms with Crippen molar-refractivity contribution in [1.29, 1.82) is 0 Å². The summed E-state index contributed by atoms with van der Waals surface area (Å²) >= 11 is 0. The Morgan fingerprint density at radius 2 is 1.69 bits per heavy atom. The zero-order valence-electron chi connectivity index (χ0n) is 16.4. The molecule has 1 saturated carbocycles. The molecule has 3 aliphatic rings. The van der Waals surface area contributed by atoms with E-state index in [0.29, 0.717) is 12.8 Å². The van der Waals surface area contributed by atoms with Gasteiger partial charge in [0.05, 0.1) is 17.9 Å². The number of amides is 3. The molecule has 1 heterocycles. The molecule has 1 N–H and O–H groups in total. The number of hydrogen-bond acceptors (Lipinski definition) is 5. The third kappa shape index (κ3) is 4.04. The average molecular weight is 398 g/mol. The normalized spacial score (nSPS) is 25.9. The molecule has 0 unspecified atom stereocenters. The molecule has 0 radical (unpaired) electrons. The van der Waals surface area contributed by atoms with Gasteiger partial charge in [-0.1, -0.05) is 37.1 Å². The van der Waals surface area contributed by atoms with Gasteiger partial charge in [-0.2, -0.15) is 0 Å². The van der Waals surface area contributed by atoms with Gasteiger partial charge in [0.25, 0.3) is 5.91 Å². The van der Waals surface area contributed by atoms with E-state index in [0.717, 1.165) is 42.6 Å². The Hall–Kier alpha value is -2.70. The van der Waals surface area contributed by atoms with E-state index < -0.39 is 19.1 Å². The predicted octanol–water partition coefficient (Wildman–Crippen LogP) is 1.90. The van der Waals surface area contributed by atoms with Gasteiger partial charge in [-0.15, -0.1) is 0 Å². The van der Waals surface area contributed by atoms with Crippen LogP contribution < -0.4 is 5.32 Å². The summed E-state index contributed by atoms with van der Waals surface area (Å²) < 4.78 is 5.05. The zero-order chi connectivity index (χ0) is 20.4. The predicted molar refractivity (Wildman–Crippen MR) is 103 cm³/mol. The number of nitrogens with zero attached hydrogens (tertiary/aromatic N) is 1. The van der Waals surface area contributed by atoms with E-state index >= 15 is 0 Å². The summed E-state index contributed by atoms with van der Waals surface area (Å²) in [6.07, 6.45) is 6.10. The minimum atomic E-state index is -0.732. The quantitative estimate of drug-likeness (QED) is 0.604. The largest absolute Gasteiger partial charge is 0.454 e. The van der Waals surface area contributed by atoms with Crippen LogP contribution in [-0.4, -0.2) is 41.7 Å². The molecule has 1 aliphatic heterocycles. The number of carbonyl (C=O) groups excluding carboxylic acids is 4. The van der Waals surface area contributed by atoms with E-state index in [1.165, 1.54) is 5.56 Å². The first kappa shape index (κ1) is 19.6. The highest BCUT2D eigenvalue weighted by molar-refractivity contribution is 6.07. The van der Waals surface area contributed by atoms with Gasteiger partial charge < -0.3 is 10.1 Å². The first-order valence-electron chi connectivity index (χ1n) is 10.4. The molecule has 154 valence electrons. The molecule has 3 atom stereocenters. The van der Waals surface area contributed by atoms with Crippen molar-refractivity contribution in [3.8, 4) is 0 Å². The summed E-state index contributed by atoms with van der Waals surface area (Å²) in [4.78, 5) is 50.3. The van der Waals surface area contributed by atoms with Crippen molar-refractivity contribution in [2.24, 2.45) is 11.8 Å². The third-order valence-corrected chi connectivity index (χ3v) is 6.29. The van der Waals surface area contributed by atoms with Gasteiger partial charge in [-0.3, -0.25) is 24.1 Å². The molecule has 1 aromatic carbocycles. The molecule has 7 nitrogen and oxygen atoms in total. The fourth-order valence-corrected chi connectivity index (χ4v) is 4.85. The number of hydrogen-bond donors (Lipinski definition) is 1. The summed E-state index contributed by atoms with van der Waals surface area (Å²) in [6.45, 7) is -0.829. The number of esters is 1. The number of likely N-dealkylation sites (tertiary alicyclic amines) is 1. The summed E-state index contributed by atoms with van der Waals surface area (Å²) in [5, 5.41) is 2.92. The molecule has 1 aromatic rings. The maximum Gasteiger partial charge on any atom is 0.326 e. The zero-order valence-corrected chi connectivity index (χ0v) is 16.4. The number of benzene rings is 1. The lowest BCUT2D eigenvalue weighted by Crippen LogP contribution is -2.38. The van der Waals surface area contributed by atoms with Crippen LogP contribution in [0.15, 0.2) is 24.3 Å². The van der Waals surface area contributed by atoms with Crippen molar-refractivity contribution in [3.63, 3.8) is 0 Å². The molecular formula is C22H26N2O5. The Kier molecular flexibility index (Phi) is 5.65. The van der Waals surface area contributed by atoms with Gasteiger partial charge in [0, 0.05) is 0 Å². The van der Waals surface area contributed by atoms with E-state index in [1.54, 1.807) is 0 Å². The number of ether oxygens (including phenoxy) is 1. The lowest BCUT2D eigenvalue weighted by molar-refractivity contribution is -0.155. The van der Waals surface area contributed by atoms with Crippen LogP contribution in [0.3, 0.4) is 0 Å². The second-order valence-corrected chi connectivity index (χ2v) is 8.13. The van der Waals surface area contributed by atoms with Gasteiger partial charge >= 0.3 is 5.97 Å². The van der Waals surface area contributed by atoms with Crippen molar-refractivity contribution in [3.05, 3.63) is 35.4 Å². The SMILES string of the molecule is O=C(COC(=O)CN1C(=O)[C@H]2CCCC[C@@H]2C1=O)N[C@@H]1CCCc2ccccc21. The van der Waals surface area contributed by atoms with Crippen LogP contribution in [0.25, 0.3) is 0 Å². The van der Waals surface area contributed by atoms with Crippen molar-refractivity contribution >= 4 is 23.7 Å². The molecule has 2 aliphatic carbocycles. The highest BCUT2D eigenvalue weighted by Gasteiger charge is 2.48. The molecule has 0 spiro atoms. The Labute approximate surface area is 169 Å². The first-order valence-corrected chi connectivity index (χ1v) is 10.4. The molecule has 0 aromatic heterocycles. The van der Waals surface area contributed by atoms with E-state index in [-0.39, 0.29) is 35.6 Å². The molecule has 7 heteroatoms. The first-order chi connectivity index (χ1) is 14.0. The van der Waals surface area contributed by atoms with Crippen LogP contribution in [-0.2, 0) is 30.3 Å². The Bertz CT molecular complexity index is 812. The molecule has 0 bridgehead atoms. The fraction of sp³-hybridized carbons (Fsp3) is 0.545. The van der Waals surface area contributed by atoms with Crippen LogP contribution in [0.4, 0.5) is 0 Å². The minimum absolute atomic E-state index is 0.0870. The standard InChI is InChI=1S/C22H26N2O5/c25-19(23-18-11-5-7-14-6-1-2-8-15(14)18)13-29-20(26)12-24-21(27)16-9-3-4-10-17(16)22(24)28/h1-2,6,8,16-18H,3-5,7,9-13H2,(H,23,25)/t16-,17-,18+/m0/s1. The van der Waals surface area contributed by atoms with Crippen LogP contribution in [0.1, 0.15) is 55.7 Å². The van der Waals surface area contributed by atoms with Crippen LogP contribution in [0.5, 0.6) is 0 Å². The number of carbonyl (C=O) groups is 4. The highest BCUT2D eigenvalue weighted by Crippen LogP contribution is 2.37. The van der Waals surface area contributed by atoms with Crippen molar-refractivity contribution < 1.29 is 23.9 Å². The van der Waals surface area contributed by atoms with E-state index in [4.69, 9.17) is 4.74 Å².